The summed E-state index contributed by atoms with van der Waals surface area (Å²) in [4.78, 5) is 0. The summed E-state index contributed by atoms with van der Waals surface area (Å²) in [6.07, 6.45) is 0. The Morgan fingerprint density at radius 2 is 1.50 bits per heavy atom. The predicted molar refractivity (Wildman–Crippen MR) is 109 cm³/mol. The summed E-state index contributed by atoms with van der Waals surface area (Å²) < 4.78 is 12.8. The number of para-hydroxylation sites is 1. The summed E-state index contributed by atoms with van der Waals surface area (Å²) in [5.74, 6) is 1.05. The smallest absolute Gasteiger partial charge is 0.276 e. The number of aliphatic hydroxyl groups excluding tert-OH is 2. The summed E-state index contributed by atoms with van der Waals surface area (Å²) in [6.45, 7) is -0.0460. The molecule has 14 heteroatoms. The molecule has 1 aromatic carbocycles. The summed E-state index contributed by atoms with van der Waals surface area (Å²) in [6, 6.07) is 7.08. The number of benzene rings is 1. The lowest BCUT2D eigenvalue weighted by Crippen LogP contribution is -2.00. The SMILES string of the molecule is OCCSc1nnc(-c2nnn(-c3ccccc3Cl)c2-c2nnc(SCCO)o2)o1. The molecule has 3 aromatic heterocycles. The molecule has 0 spiro atoms. The first-order valence-electron chi connectivity index (χ1n) is 8.57. The number of aromatic nitrogens is 7. The van der Waals surface area contributed by atoms with E-state index >= 15 is 0 Å². The van der Waals surface area contributed by atoms with Gasteiger partial charge in [0, 0.05) is 11.5 Å². The minimum atomic E-state index is -0.0248. The lowest BCUT2D eigenvalue weighted by Gasteiger charge is -2.05. The molecule has 0 bridgehead atoms. The van der Waals surface area contributed by atoms with Crippen molar-refractivity contribution < 1.29 is 19.0 Å². The first-order chi connectivity index (χ1) is 14.7. The van der Waals surface area contributed by atoms with Gasteiger partial charge in [0.2, 0.25) is 0 Å². The van der Waals surface area contributed by atoms with Crippen LogP contribution < -0.4 is 0 Å². The highest BCUT2D eigenvalue weighted by Crippen LogP contribution is 2.34. The molecular weight excluding hydrogens is 454 g/mol. The average Bonchev–Trinajstić information content (AvgIpc) is 3.49. The Hall–Kier alpha value is -2.45. The van der Waals surface area contributed by atoms with E-state index in [-0.39, 0.29) is 41.1 Å². The van der Waals surface area contributed by atoms with Crippen LogP contribution in [0.15, 0.2) is 43.5 Å². The number of hydrogen-bond acceptors (Lipinski definition) is 12. The normalized spacial score (nSPS) is 11.3. The van der Waals surface area contributed by atoms with Crippen molar-refractivity contribution in [1.82, 2.24) is 35.4 Å². The van der Waals surface area contributed by atoms with Crippen LogP contribution in [-0.4, -0.2) is 70.3 Å². The van der Waals surface area contributed by atoms with Crippen LogP contribution in [0.5, 0.6) is 0 Å². The summed E-state index contributed by atoms with van der Waals surface area (Å²) >= 11 is 8.77. The van der Waals surface area contributed by atoms with Gasteiger partial charge in [-0.15, -0.1) is 25.5 Å². The second-order valence-corrected chi connectivity index (χ2v) is 8.04. The molecule has 30 heavy (non-hydrogen) atoms. The Morgan fingerprint density at radius 3 is 2.17 bits per heavy atom. The molecule has 0 radical (unpaired) electrons. The second kappa shape index (κ2) is 9.57. The molecule has 4 aromatic rings. The molecule has 156 valence electrons. The number of nitrogens with zero attached hydrogens (tertiary/aromatic N) is 7. The fourth-order valence-electron chi connectivity index (χ4n) is 2.40. The highest BCUT2D eigenvalue weighted by molar-refractivity contribution is 7.99. The fourth-order valence-corrected chi connectivity index (χ4v) is 3.62. The average molecular weight is 468 g/mol. The van der Waals surface area contributed by atoms with Gasteiger partial charge in [-0.3, -0.25) is 0 Å². The summed E-state index contributed by atoms with van der Waals surface area (Å²) in [5.41, 5.74) is 1.11. The molecule has 0 aliphatic rings. The minimum absolute atomic E-state index is 0.0212. The van der Waals surface area contributed by atoms with Gasteiger partial charge in [-0.2, -0.15) is 0 Å². The molecule has 11 nitrogen and oxygen atoms in total. The Labute approximate surface area is 182 Å². The molecule has 0 unspecified atom stereocenters. The number of halogens is 1. The highest BCUT2D eigenvalue weighted by atomic mass is 35.5. The molecule has 4 rings (SSSR count). The van der Waals surface area contributed by atoms with Crippen molar-refractivity contribution in [2.45, 2.75) is 10.4 Å². The predicted octanol–water partition coefficient (Wildman–Crippen LogP) is 2.19. The largest absolute Gasteiger partial charge is 0.410 e. The second-order valence-electron chi connectivity index (χ2n) is 5.54. The van der Waals surface area contributed by atoms with Crippen molar-refractivity contribution in [3.05, 3.63) is 29.3 Å². The summed E-state index contributed by atoms with van der Waals surface area (Å²) in [7, 11) is 0. The van der Waals surface area contributed by atoms with Gasteiger partial charge in [0.1, 0.15) is 0 Å². The van der Waals surface area contributed by atoms with Gasteiger partial charge in [-0.25, -0.2) is 4.68 Å². The molecule has 3 heterocycles. The number of aliphatic hydroxyl groups is 2. The van der Waals surface area contributed by atoms with Crippen molar-refractivity contribution in [3.8, 4) is 28.9 Å². The van der Waals surface area contributed by atoms with E-state index in [0.717, 1.165) is 0 Å². The molecule has 0 atom stereocenters. The van der Waals surface area contributed by atoms with E-state index in [2.05, 4.69) is 30.7 Å². The number of rotatable bonds is 9. The van der Waals surface area contributed by atoms with Gasteiger partial charge in [0.15, 0.2) is 11.4 Å². The monoisotopic (exact) mass is 467 g/mol. The van der Waals surface area contributed by atoms with Gasteiger partial charge < -0.3 is 19.0 Å². The third-order valence-corrected chi connectivity index (χ3v) is 5.52. The lowest BCUT2D eigenvalue weighted by atomic mass is 10.2. The van der Waals surface area contributed by atoms with E-state index < -0.39 is 0 Å². The quantitative estimate of drug-likeness (QED) is 0.347. The Bertz CT molecular complexity index is 1130. The Balaban J connectivity index is 1.80. The third-order valence-electron chi connectivity index (χ3n) is 3.60. The van der Waals surface area contributed by atoms with Crippen LogP contribution >= 0.6 is 35.1 Å². The van der Waals surface area contributed by atoms with Gasteiger partial charge in [-0.1, -0.05) is 52.5 Å². The van der Waals surface area contributed by atoms with Crippen LogP contribution in [0.2, 0.25) is 5.02 Å². The molecule has 0 amide bonds. The molecule has 0 aliphatic carbocycles. The van der Waals surface area contributed by atoms with Crippen LogP contribution in [0.25, 0.3) is 28.9 Å². The topological polar surface area (TPSA) is 149 Å². The van der Waals surface area contributed by atoms with Crippen molar-refractivity contribution >= 4 is 35.1 Å². The maximum atomic E-state index is 9.00. The van der Waals surface area contributed by atoms with Crippen LogP contribution in [-0.2, 0) is 0 Å². The van der Waals surface area contributed by atoms with Gasteiger partial charge in [0.05, 0.1) is 23.9 Å². The Morgan fingerprint density at radius 1 is 0.867 bits per heavy atom. The zero-order valence-electron chi connectivity index (χ0n) is 15.2. The van der Waals surface area contributed by atoms with E-state index in [1.807, 2.05) is 0 Å². The molecular formula is C16H14ClN7O4S2. The zero-order chi connectivity index (χ0) is 20.9. The van der Waals surface area contributed by atoms with Crippen molar-refractivity contribution in [2.75, 3.05) is 24.7 Å². The van der Waals surface area contributed by atoms with Crippen molar-refractivity contribution in [3.63, 3.8) is 0 Å². The van der Waals surface area contributed by atoms with Gasteiger partial charge in [0.25, 0.3) is 22.2 Å². The van der Waals surface area contributed by atoms with Gasteiger partial charge in [-0.05, 0) is 12.1 Å². The molecule has 0 aliphatic heterocycles. The molecule has 0 saturated heterocycles. The lowest BCUT2D eigenvalue weighted by molar-refractivity contribution is 0.321. The van der Waals surface area contributed by atoms with E-state index in [0.29, 0.717) is 27.9 Å². The van der Waals surface area contributed by atoms with Crippen molar-refractivity contribution in [2.24, 2.45) is 0 Å². The van der Waals surface area contributed by atoms with E-state index in [1.54, 1.807) is 24.3 Å². The van der Waals surface area contributed by atoms with E-state index in [1.165, 1.54) is 28.2 Å². The van der Waals surface area contributed by atoms with Crippen LogP contribution in [0.4, 0.5) is 0 Å². The summed E-state index contributed by atoms with van der Waals surface area (Å²) in [5, 5.41) is 43.3. The molecule has 2 N–H and O–H groups in total. The fraction of sp³-hybridized carbons (Fsp3) is 0.250. The molecule has 0 saturated carbocycles. The standard InChI is InChI=1S/C16H14ClN7O4S2/c17-9-3-1-2-4-10(9)24-12(14-20-22-16(28-14)30-8-6-26)11(18-23-24)13-19-21-15(27-13)29-7-5-25/h1-4,25-26H,5-8H2. The van der Waals surface area contributed by atoms with Crippen molar-refractivity contribution in [1.29, 1.82) is 0 Å². The first kappa shape index (κ1) is 20.8. The third kappa shape index (κ3) is 4.34. The molecule has 0 fully saturated rings. The number of thioether (sulfide) groups is 2. The zero-order valence-corrected chi connectivity index (χ0v) is 17.6. The van der Waals surface area contributed by atoms with E-state index in [4.69, 9.17) is 30.6 Å². The van der Waals surface area contributed by atoms with E-state index in [9.17, 15) is 0 Å². The Kier molecular flexibility index (Phi) is 6.64. The van der Waals surface area contributed by atoms with Crippen LogP contribution in [0.3, 0.4) is 0 Å². The maximum Gasteiger partial charge on any atom is 0.276 e. The highest BCUT2D eigenvalue weighted by Gasteiger charge is 2.27. The van der Waals surface area contributed by atoms with Gasteiger partial charge >= 0.3 is 0 Å². The number of hydrogen-bond donors (Lipinski definition) is 2. The van der Waals surface area contributed by atoms with Crippen LogP contribution in [0, 0.1) is 0 Å². The van der Waals surface area contributed by atoms with Crippen LogP contribution in [0.1, 0.15) is 0 Å². The minimum Gasteiger partial charge on any atom is -0.410 e. The maximum absolute atomic E-state index is 9.00. The first-order valence-corrected chi connectivity index (χ1v) is 10.9.